The monoisotopic (exact) mass is 266 g/mol. The molecule has 0 saturated carbocycles. The first-order valence-electron chi connectivity index (χ1n) is 6.46. The zero-order valence-corrected chi connectivity index (χ0v) is 11.5. The van der Waals surface area contributed by atoms with Gasteiger partial charge in [-0.05, 0) is 44.0 Å². The highest BCUT2D eigenvalue weighted by Crippen LogP contribution is 2.18. The van der Waals surface area contributed by atoms with Crippen LogP contribution in [0.1, 0.15) is 24.5 Å². The number of nitrogens with two attached hydrogens (primary N) is 1. The minimum atomic E-state index is -0.960. The summed E-state index contributed by atoms with van der Waals surface area (Å²) in [6, 6.07) is 5.23. The SMILES string of the molecule is CCOc1ccc(CNCCC(N)C(=O)O)cc1C. The molecule has 0 aliphatic carbocycles. The van der Waals surface area contributed by atoms with Gasteiger partial charge in [0.2, 0.25) is 0 Å². The normalized spacial score (nSPS) is 12.2. The Morgan fingerprint density at radius 2 is 2.26 bits per heavy atom. The van der Waals surface area contributed by atoms with E-state index in [9.17, 15) is 4.79 Å². The Morgan fingerprint density at radius 3 is 2.84 bits per heavy atom. The average molecular weight is 266 g/mol. The van der Waals surface area contributed by atoms with Crippen LogP contribution in [0.2, 0.25) is 0 Å². The second-order valence-corrected chi connectivity index (χ2v) is 4.44. The number of carbonyl (C=O) groups is 1. The van der Waals surface area contributed by atoms with Crippen molar-refractivity contribution in [2.75, 3.05) is 13.2 Å². The van der Waals surface area contributed by atoms with E-state index in [2.05, 4.69) is 11.4 Å². The summed E-state index contributed by atoms with van der Waals surface area (Å²) >= 11 is 0. The molecule has 0 heterocycles. The van der Waals surface area contributed by atoms with Gasteiger partial charge in [0, 0.05) is 6.54 Å². The van der Waals surface area contributed by atoms with Gasteiger partial charge >= 0.3 is 5.97 Å². The van der Waals surface area contributed by atoms with Gasteiger partial charge < -0.3 is 20.9 Å². The van der Waals surface area contributed by atoms with E-state index >= 15 is 0 Å². The van der Waals surface area contributed by atoms with Crippen LogP contribution in [-0.4, -0.2) is 30.3 Å². The number of aryl methyl sites for hydroxylation is 1. The third kappa shape index (κ3) is 5.28. The molecule has 0 aliphatic heterocycles. The largest absolute Gasteiger partial charge is 0.494 e. The lowest BCUT2D eigenvalue weighted by molar-refractivity contribution is -0.138. The molecule has 0 amide bonds. The number of nitrogens with one attached hydrogen (secondary N) is 1. The zero-order chi connectivity index (χ0) is 14.3. The zero-order valence-electron chi connectivity index (χ0n) is 11.5. The molecule has 1 aromatic rings. The van der Waals surface area contributed by atoms with Crippen molar-refractivity contribution < 1.29 is 14.6 Å². The Hall–Kier alpha value is -1.59. The third-order valence-corrected chi connectivity index (χ3v) is 2.82. The van der Waals surface area contributed by atoms with Crippen LogP contribution < -0.4 is 15.8 Å². The van der Waals surface area contributed by atoms with Crippen LogP contribution in [0.4, 0.5) is 0 Å². The molecular formula is C14H22N2O3. The van der Waals surface area contributed by atoms with Crippen LogP contribution in [-0.2, 0) is 11.3 Å². The number of benzene rings is 1. The number of carboxylic acid groups (broad SMARTS) is 1. The topological polar surface area (TPSA) is 84.6 Å². The van der Waals surface area contributed by atoms with Gasteiger partial charge in [-0.25, -0.2) is 0 Å². The van der Waals surface area contributed by atoms with Crippen LogP contribution in [0.3, 0.4) is 0 Å². The summed E-state index contributed by atoms with van der Waals surface area (Å²) in [5, 5.41) is 11.8. The lowest BCUT2D eigenvalue weighted by Gasteiger charge is -2.10. The predicted molar refractivity (Wildman–Crippen MR) is 74.3 cm³/mol. The lowest BCUT2D eigenvalue weighted by atomic mass is 10.1. The number of carboxylic acids is 1. The van der Waals surface area contributed by atoms with Gasteiger partial charge in [0.25, 0.3) is 0 Å². The van der Waals surface area contributed by atoms with E-state index in [1.54, 1.807) is 0 Å². The fourth-order valence-corrected chi connectivity index (χ4v) is 1.75. The van der Waals surface area contributed by atoms with Crippen molar-refractivity contribution >= 4 is 5.97 Å². The van der Waals surface area contributed by atoms with Crippen molar-refractivity contribution in [2.24, 2.45) is 5.73 Å². The molecule has 106 valence electrons. The molecule has 1 rings (SSSR count). The van der Waals surface area contributed by atoms with Crippen LogP contribution in [0, 0.1) is 6.92 Å². The minimum Gasteiger partial charge on any atom is -0.494 e. The van der Waals surface area contributed by atoms with E-state index in [1.165, 1.54) is 0 Å². The Labute approximate surface area is 113 Å². The van der Waals surface area contributed by atoms with E-state index < -0.39 is 12.0 Å². The van der Waals surface area contributed by atoms with Crippen LogP contribution >= 0.6 is 0 Å². The smallest absolute Gasteiger partial charge is 0.320 e. The second-order valence-electron chi connectivity index (χ2n) is 4.44. The summed E-state index contributed by atoms with van der Waals surface area (Å²) < 4.78 is 5.47. The van der Waals surface area contributed by atoms with E-state index in [1.807, 2.05) is 26.0 Å². The standard InChI is InChI=1S/C14H22N2O3/c1-3-19-13-5-4-11(8-10(13)2)9-16-7-6-12(15)14(17)18/h4-5,8,12,16H,3,6-7,9,15H2,1-2H3,(H,17,18). The number of rotatable bonds is 8. The maximum atomic E-state index is 10.5. The predicted octanol–water partition coefficient (Wildman–Crippen LogP) is 1.29. The maximum Gasteiger partial charge on any atom is 0.320 e. The molecule has 1 unspecified atom stereocenters. The van der Waals surface area contributed by atoms with Crippen LogP contribution in [0.5, 0.6) is 5.75 Å². The fraction of sp³-hybridized carbons (Fsp3) is 0.500. The van der Waals surface area contributed by atoms with Crippen molar-refractivity contribution in [1.29, 1.82) is 0 Å². The molecule has 19 heavy (non-hydrogen) atoms. The molecule has 1 atom stereocenters. The molecular weight excluding hydrogens is 244 g/mol. The van der Waals surface area contributed by atoms with E-state index in [0.29, 0.717) is 26.1 Å². The molecule has 5 heteroatoms. The first kappa shape index (κ1) is 15.5. The molecule has 0 aliphatic rings. The summed E-state index contributed by atoms with van der Waals surface area (Å²) in [4.78, 5) is 10.5. The summed E-state index contributed by atoms with van der Waals surface area (Å²) in [6.45, 7) is 5.90. The molecule has 0 spiro atoms. The number of hydrogen-bond acceptors (Lipinski definition) is 4. The maximum absolute atomic E-state index is 10.5. The highest BCUT2D eigenvalue weighted by Gasteiger charge is 2.09. The fourth-order valence-electron chi connectivity index (χ4n) is 1.75. The van der Waals surface area contributed by atoms with Gasteiger partial charge in [0.1, 0.15) is 11.8 Å². The van der Waals surface area contributed by atoms with Crippen molar-refractivity contribution in [1.82, 2.24) is 5.32 Å². The first-order chi connectivity index (χ1) is 9.04. The van der Waals surface area contributed by atoms with Gasteiger partial charge in [-0.2, -0.15) is 0 Å². The molecule has 4 N–H and O–H groups in total. The Morgan fingerprint density at radius 1 is 1.53 bits per heavy atom. The van der Waals surface area contributed by atoms with E-state index in [4.69, 9.17) is 15.6 Å². The number of aliphatic carboxylic acids is 1. The molecule has 5 nitrogen and oxygen atoms in total. The van der Waals surface area contributed by atoms with Crippen molar-refractivity contribution in [2.45, 2.75) is 32.9 Å². The third-order valence-electron chi connectivity index (χ3n) is 2.82. The molecule has 1 aromatic carbocycles. The Bertz CT molecular complexity index is 421. The average Bonchev–Trinajstić information content (AvgIpc) is 2.37. The van der Waals surface area contributed by atoms with E-state index in [-0.39, 0.29) is 0 Å². The highest BCUT2D eigenvalue weighted by molar-refractivity contribution is 5.72. The summed E-state index contributed by atoms with van der Waals surface area (Å²) in [6.07, 6.45) is 0.422. The summed E-state index contributed by atoms with van der Waals surface area (Å²) in [7, 11) is 0. The quantitative estimate of drug-likeness (QED) is 0.617. The summed E-state index contributed by atoms with van der Waals surface area (Å²) in [5.41, 5.74) is 7.66. The molecule has 0 saturated heterocycles. The molecule has 0 radical (unpaired) electrons. The molecule has 0 fully saturated rings. The first-order valence-corrected chi connectivity index (χ1v) is 6.46. The Balaban J connectivity index is 2.37. The summed E-state index contributed by atoms with van der Waals surface area (Å²) in [5.74, 6) is -0.0575. The Kier molecular flexibility index (Phi) is 6.32. The number of hydrogen-bond donors (Lipinski definition) is 3. The highest BCUT2D eigenvalue weighted by atomic mass is 16.5. The lowest BCUT2D eigenvalue weighted by Crippen LogP contribution is -2.33. The van der Waals surface area contributed by atoms with Gasteiger partial charge in [0.05, 0.1) is 6.61 Å². The number of ether oxygens (including phenoxy) is 1. The van der Waals surface area contributed by atoms with Crippen molar-refractivity contribution in [3.63, 3.8) is 0 Å². The second kappa shape index (κ2) is 7.76. The molecule has 0 aromatic heterocycles. The molecule has 0 bridgehead atoms. The van der Waals surface area contributed by atoms with Gasteiger partial charge in [-0.1, -0.05) is 12.1 Å². The van der Waals surface area contributed by atoms with Gasteiger partial charge in [0.15, 0.2) is 0 Å². The van der Waals surface area contributed by atoms with Gasteiger partial charge in [-0.15, -0.1) is 0 Å². The van der Waals surface area contributed by atoms with Crippen molar-refractivity contribution in [3.8, 4) is 5.75 Å². The minimum absolute atomic E-state index is 0.422. The van der Waals surface area contributed by atoms with Crippen molar-refractivity contribution in [3.05, 3.63) is 29.3 Å². The van der Waals surface area contributed by atoms with E-state index in [0.717, 1.165) is 16.9 Å². The van der Waals surface area contributed by atoms with Gasteiger partial charge in [-0.3, -0.25) is 4.79 Å². The van der Waals surface area contributed by atoms with Crippen LogP contribution in [0.15, 0.2) is 18.2 Å². The van der Waals surface area contributed by atoms with Crippen LogP contribution in [0.25, 0.3) is 0 Å².